The van der Waals surface area contributed by atoms with E-state index in [1.807, 2.05) is 31.2 Å². The van der Waals surface area contributed by atoms with Crippen LogP contribution in [-0.2, 0) is 11.4 Å². The van der Waals surface area contributed by atoms with Crippen LogP contribution in [0.1, 0.15) is 17.5 Å². The van der Waals surface area contributed by atoms with Gasteiger partial charge in [-0.25, -0.2) is 0 Å². The number of likely N-dealkylation sites (tertiary alicyclic amines) is 1. The molecule has 0 aromatic heterocycles. The number of aryl methyl sites for hydroxylation is 1. The van der Waals surface area contributed by atoms with E-state index in [1.54, 1.807) is 29.2 Å². The number of benzene rings is 2. The molecule has 3 rings (SSSR count). The number of carbonyl (C=O) groups is 1. The van der Waals surface area contributed by atoms with E-state index < -0.39 is 0 Å². The molecule has 1 aliphatic rings. The molecule has 5 heteroatoms. The van der Waals surface area contributed by atoms with E-state index in [-0.39, 0.29) is 25.2 Å². The van der Waals surface area contributed by atoms with Crippen molar-refractivity contribution in [2.75, 3.05) is 19.7 Å². The van der Waals surface area contributed by atoms with Crippen LogP contribution in [0.4, 0.5) is 0 Å². The number of rotatable bonds is 6. The summed E-state index contributed by atoms with van der Waals surface area (Å²) < 4.78 is 11.5. The molecule has 1 unspecified atom stereocenters. The molecule has 2 aromatic carbocycles. The van der Waals surface area contributed by atoms with Gasteiger partial charge >= 0.3 is 0 Å². The minimum absolute atomic E-state index is 0.00460. The summed E-state index contributed by atoms with van der Waals surface area (Å²) in [7, 11) is 0. The minimum Gasteiger partial charge on any atom is -0.489 e. The number of amides is 1. The number of aliphatic hydroxyl groups is 1. The fourth-order valence-electron chi connectivity index (χ4n) is 2.79. The molecule has 25 heavy (non-hydrogen) atoms. The van der Waals surface area contributed by atoms with Crippen molar-refractivity contribution >= 4 is 5.91 Å². The maximum Gasteiger partial charge on any atom is 0.260 e. The fourth-order valence-corrected chi connectivity index (χ4v) is 2.79. The van der Waals surface area contributed by atoms with Crippen molar-refractivity contribution in [2.24, 2.45) is 0 Å². The van der Waals surface area contributed by atoms with Gasteiger partial charge in [-0.1, -0.05) is 29.8 Å². The van der Waals surface area contributed by atoms with E-state index in [9.17, 15) is 4.79 Å². The lowest BCUT2D eigenvalue weighted by Gasteiger charge is -2.17. The predicted octanol–water partition coefficient (Wildman–Crippen LogP) is 2.55. The summed E-state index contributed by atoms with van der Waals surface area (Å²) in [6.07, 6.45) is 0.848. The highest BCUT2D eigenvalue weighted by molar-refractivity contribution is 5.78. The maximum absolute atomic E-state index is 12.3. The Kier molecular flexibility index (Phi) is 5.56. The summed E-state index contributed by atoms with van der Waals surface area (Å²) in [5, 5.41) is 9.02. The van der Waals surface area contributed by atoms with Crippen LogP contribution in [0.5, 0.6) is 11.5 Å². The zero-order chi connectivity index (χ0) is 17.6. The summed E-state index contributed by atoms with van der Waals surface area (Å²) in [4.78, 5) is 14.1. The summed E-state index contributed by atoms with van der Waals surface area (Å²) in [5.41, 5.74) is 2.01. The molecular formula is C20H23NO4. The van der Waals surface area contributed by atoms with Gasteiger partial charge in [0, 0.05) is 13.0 Å². The Morgan fingerprint density at radius 2 is 1.80 bits per heavy atom. The van der Waals surface area contributed by atoms with Crippen LogP contribution >= 0.6 is 0 Å². The molecule has 0 aliphatic carbocycles. The lowest BCUT2D eigenvalue weighted by molar-refractivity contribution is -0.132. The topological polar surface area (TPSA) is 59.0 Å². The molecule has 1 saturated heterocycles. The Hall–Kier alpha value is -2.53. The molecule has 0 bridgehead atoms. The Morgan fingerprint density at radius 3 is 2.48 bits per heavy atom. The van der Waals surface area contributed by atoms with E-state index in [0.717, 1.165) is 17.7 Å². The van der Waals surface area contributed by atoms with Gasteiger partial charge in [-0.2, -0.15) is 0 Å². The summed E-state index contributed by atoms with van der Waals surface area (Å²) in [6, 6.07) is 15.0. The number of carbonyl (C=O) groups excluding carboxylic acids is 1. The van der Waals surface area contributed by atoms with Crippen molar-refractivity contribution in [1.82, 2.24) is 4.90 Å². The third kappa shape index (κ3) is 4.73. The number of ether oxygens (including phenoxy) is 2. The lowest BCUT2D eigenvalue weighted by atomic mass is 10.2. The standard InChI is InChI=1S/C20H23NO4/c1-15-2-6-18(7-3-15)25-19-10-11-21(12-19)20(23)14-24-17-8-4-16(13-22)5-9-17/h2-9,19,22H,10-14H2,1H3. The Balaban J connectivity index is 1.46. The number of nitrogens with zero attached hydrogens (tertiary/aromatic N) is 1. The molecule has 0 spiro atoms. The van der Waals surface area contributed by atoms with Crippen molar-refractivity contribution in [3.05, 3.63) is 59.7 Å². The first-order valence-electron chi connectivity index (χ1n) is 8.48. The van der Waals surface area contributed by atoms with Crippen molar-refractivity contribution < 1.29 is 19.4 Å². The first-order chi connectivity index (χ1) is 12.1. The van der Waals surface area contributed by atoms with Gasteiger partial charge in [0.2, 0.25) is 0 Å². The van der Waals surface area contributed by atoms with Gasteiger partial charge < -0.3 is 19.5 Å². The minimum atomic E-state index is -0.0405. The molecule has 1 amide bonds. The van der Waals surface area contributed by atoms with E-state index in [4.69, 9.17) is 14.6 Å². The molecule has 1 N–H and O–H groups in total. The first kappa shape index (κ1) is 17.3. The zero-order valence-corrected chi connectivity index (χ0v) is 14.4. The van der Waals surface area contributed by atoms with Crippen LogP contribution in [0, 0.1) is 6.92 Å². The molecule has 1 heterocycles. The zero-order valence-electron chi connectivity index (χ0n) is 14.4. The molecular weight excluding hydrogens is 318 g/mol. The fraction of sp³-hybridized carbons (Fsp3) is 0.350. The molecule has 5 nitrogen and oxygen atoms in total. The van der Waals surface area contributed by atoms with Gasteiger partial charge in [-0.05, 0) is 36.8 Å². The van der Waals surface area contributed by atoms with Crippen LogP contribution in [-0.4, -0.2) is 41.7 Å². The second kappa shape index (κ2) is 8.03. The first-order valence-corrected chi connectivity index (χ1v) is 8.48. The van der Waals surface area contributed by atoms with Crippen LogP contribution < -0.4 is 9.47 Å². The Bertz CT molecular complexity index is 697. The maximum atomic E-state index is 12.3. The van der Waals surface area contributed by atoms with E-state index >= 15 is 0 Å². The normalized spacial score (nSPS) is 16.7. The molecule has 2 aromatic rings. The molecule has 1 fully saturated rings. The van der Waals surface area contributed by atoms with Crippen molar-refractivity contribution in [2.45, 2.75) is 26.1 Å². The Labute approximate surface area is 147 Å². The van der Waals surface area contributed by atoms with Crippen molar-refractivity contribution in [3.8, 4) is 11.5 Å². The highest BCUT2D eigenvalue weighted by Gasteiger charge is 2.27. The number of hydrogen-bond acceptors (Lipinski definition) is 4. The largest absolute Gasteiger partial charge is 0.489 e. The average molecular weight is 341 g/mol. The summed E-state index contributed by atoms with van der Waals surface area (Å²) >= 11 is 0. The van der Waals surface area contributed by atoms with Gasteiger partial charge in [0.05, 0.1) is 13.2 Å². The van der Waals surface area contributed by atoms with Gasteiger partial charge in [-0.15, -0.1) is 0 Å². The highest BCUT2D eigenvalue weighted by Crippen LogP contribution is 2.19. The van der Waals surface area contributed by atoms with Gasteiger partial charge in [0.1, 0.15) is 17.6 Å². The van der Waals surface area contributed by atoms with Crippen LogP contribution in [0.2, 0.25) is 0 Å². The van der Waals surface area contributed by atoms with Crippen LogP contribution in [0.25, 0.3) is 0 Å². The number of hydrogen-bond donors (Lipinski definition) is 1. The third-order valence-corrected chi connectivity index (χ3v) is 4.29. The van der Waals surface area contributed by atoms with Gasteiger partial charge in [0.15, 0.2) is 6.61 Å². The SMILES string of the molecule is Cc1ccc(OC2CCN(C(=O)COc3ccc(CO)cc3)C2)cc1. The average Bonchev–Trinajstić information content (AvgIpc) is 3.10. The van der Waals surface area contributed by atoms with E-state index in [0.29, 0.717) is 18.8 Å². The molecule has 1 atom stereocenters. The van der Waals surface area contributed by atoms with E-state index in [1.165, 1.54) is 5.56 Å². The van der Waals surface area contributed by atoms with Gasteiger partial charge in [-0.3, -0.25) is 4.79 Å². The smallest absolute Gasteiger partial charge is 0.260 e. The highest BCUT2D eigenvalue weighted by atomic mass is 16.5. The molecule has 132 valence electrons. The van der Waals surface area contributed by atoms with E-state index in [2.05, 4.69) is 0 Å². The lowest BCUT2D eigenvalue weighted by Crippen LogP contribution is -2.34. The number of aliphatic hydroxyl groups excluding tert-OH is 1. The van der Waals surface area contributed by atoms with Crippen LogP contribution in [0.15, 0.2) is 48.5 Å². The van der Waals surface area contributed by atoms with Crippen molar-refractivity contribution in [3.63, 3.8) is 0 Å². The van der Waals surface area contributed by atoms with Crippen LogP contribution in [0.3, 0.4) is 0 Å². The third-order valence-electron chi connectivity index (χ3n) is 4.29. The molecule has 0 radical (unpaired) electrons. The molecule has 0 saturated carbocycles. The molecule has 1 aliphatic heterocycles. The predicted molar refractivity (Wildman–Crippen MR) is 94.7 cm³/mol. The van der Waals surface area contributed by atoms with Gasteiger partial charge in [0.25, 0.3) is 5.91 Å². The van der Waals surface area contributed by atoms with Crippen molar-refractivity contribution in [1.29, 1.82) is 0 Å². The second-order valence-corrected chi connectivity index (χ2v) is 6.27. The monoisotopic (exact) mass is 341 g/mol. The quantitative estimate of drug-likeness (QED) is 0.877. The second-order valence-electron chi connectivity index (χ2n) is 6.27. The Morgan fingerprint density at radius 1 is 1.12 bits per heavy atom. The summed E-state index contributed by atoms with van der Waals surface area (Å²) in [6.45, 7) is 3.31. The summed E-state index contributed by atoms with van der Waals surface area (Å²) in [5.74, 6) is 1.42.